The molecule has 2 N–H and O–H groups in total. The Morgan fingerprint density at radius 1 is 1.30 bits per heavy atom. The van der Waals surface area contributed by atoms with Gasteiger partial charge >= 0.3 is 0 Å². The van der Waals surface area contributed by atoms with Crippen molar-refractivity contribution in [1.29, 1.82) is 0 Å². The van der Waals surface area contributed by atoms with Crippen LogP contribution >= 0.6 is 11.3 Å². The molecule has 0 saturated carbocycles. The van der Waals surface area contributed by atoms with Crippen LogP contribution in [0.15, 0.2) is 35.4 Å². The van der Waals surface area contributed by atoms with Gasteiger partial charge in [-0.25, -0.2) is 18.1 Å². The van der Waals surface area contributed by atoms with Crippen molar-refractivity contribution < 1.29 is 13.5 Å². The molecule has 1 aromatic carbocycles. The van der Waals surface area contributed by atoms with E-state index in [1.165, 1.54) is 11.3 Å². The molecule has 0 saturated heterocycles. The van der Waals surface area contributed by atoms with Gasteiger partial charge in [0.25, 0.3) is 0 Å². The average Bonchev–Trinajstić information content (AvgIpc) is 2.84. The zero-order valence-corrected chi connectivity index (χ0v) is 12.7. The second kappa shape index (κ2) is 6.45. The van der Waals surface area contributed by atoms with Crippen LogP contribution in [0, 0.1) is 6.92 Å². The molecule has 1 heterocycles. The Morgan fingerprint density at radius 3 is 2.55 bits per heavy atom. The number of benzene rings is 1. The van der Waals surface area contributed by atoms with Crippen molar-refractivity contribution in [2.24, 2.45) is 0 Å². The van der Waals surface area contributed by atoms with Crippen molar-refractivity contribution >= 4 is 21.4 Å². The fraction of sp³-hybridized carbons (Fsp3) is 0.308. The van der Waals surface area contributed by atoms with Crippen LogP contribution in [-0.4, -0.2) is 25.1 Å². The summed E-state index contributed by atoms with van der Waals surface area (Å²) in [5, 5.41) is 9.56. The molecule has 0 aliphatic heterocycles. The van der Waals surface area contributed by atoms with Crippen molar-refractivity contribution in [3.8, 4) is 0 Å². The van der Waals surface area contributed by atoms with Crippen LogP contribution < -0.4 is 4.72 Å². The average molecular weight is 312 g/mol. The molecule has 0 radical (unpaired) electrons. The third-order valence-electron chi connectivity index (χ3n) is 2.72. The molecule has 0 bridgehead atoms. The van der Waals surface area contributed by atoms with E-state index in [4.69, 9.17) is 5.11 Å². The minimum Gasteiger partial charge on any atom is -0.396 e. The Kier molecular flexibility index (Phi) is 4.87. The van der Waals surface area contributed by atoms with Crippen molar-refractivity contribution in [2.45, 2.75) is 24.8 Å². The maximum atomic E-state index is 12.1. The molecule has 1 aromatic heterocycles. The van der Waals surface area contributed by atoms with Gasteiger partial charge in [-0.05, 0) is 31.0 Å². The zero-order chi connectivity index (χ0) is 14.6. The van der Waals surface area contributed by atoms with E-state index in [2.05, 4.69) is 9.71 Å². The van der Waals surface area contributed by atoms with Crippen LogP contribution in [0.1, 0.15) is 15.4 Å². The molecule has 20 heavy (non-hydrogen) atoms. The van der Waals surface area contributed by atoms with E-state index in [0.717, 1.165) is 15.4 Å². The number of aliphatic hydroxyl groups excluding tert-OH is 1. The molecule has 2 rings (SSSR count). The first-order valence-corrected chi connectivity index (χ1v) is 8.42. The first kappa shape index (κ1) is 15.1. The van der Waals surface area contributed by atoms with Crippen molar-refractivity contribution in [1.82, 2.24) is 9.71 Å². The highest BCUT2D eigenvalue weighted by atomic mass is 32.2. The maximum Gasteiger partial charge on any atom is 0.240 e. The van der Waals surface area contributed by atoms with E-state index in [9.17, 15) is 8.42 Å². The largest absolute Gasteiger partial charge is 0.396 e. The molecule has 0 spiro atoms. The molecule has 2 aromatic rings. The van der Waals surface area contributed by atoms with Gasteiger partial charge in [0.05, 0.1) is 11.4 Å². The summed E-state index contributed by atoms with van der Waals surface area (Å²) >= 11 is 1.47. The van der Waals surface area contributed by atoms with Crippen molar-refractivity contribution in [3.63, 3.8) is 0 Å². The first-order chi connectivity index (χ1) is 9.51. The van der Waals surface area contributed by atoms with Gasteiger partial charge in [0.2, 0.25) is 10.0 Å². The normalized spacial score (nSPS) is 11.7. The molecule has 0 aliphatic carbocycles. The van der Waals surface area contributed by atoms with Gasteiger partial charge in [0.15, 0.2) is 0 Å². The summed E-state index contributed by atoms with van der Waals surface area (Å²) in [6.07, 6.45) is 2.24. The van der Waals surface area contributed by atoms with Crippen LogP contribution in [0.3, 0.4) is 0 Å². The second-order valence-corrected chi connectivity index (χ2v) is 7.39. The Labute approximate surface area is 122 Å². The van der Waals surface area contributed by atoms with Crippen LogP contribution in [0.2, 0.25) is 0 Å². The van der Waals surface area contributed by atoms with Crippen LogP contribution in [0.5, 0.6) is 0 Å². The van der Waals surface area contributed by atoms with Gasteiger partial charge in [-0.15, -0.1) is 11.3 Å². The third kappa shape index (κ3) is 3.86. The number of aliphatic hydroxyl groups is 1. The lowest BCUT2D eigenvalue weighted by atomic mass is 10.2. The predicted octanol–water partition coefficient (Wildman–Crippen LogP) is 1.46. The van der Waals surface area contributed by atoms with Gasteiger partial charge in [0, 0.05) is 17.7 Å². The number of sulfonamides is 1. The number of nitrogens with one attached hydrogen (secondary N) is 1. The number of hydrogen-bond acceptors (Lipinski definition) is 5. The molecular formula is C13H16N2O3S2. The molecule has 0 atom stereocenters. The van der Waals surface area contributed by atoms with Gasteiger partial charge in [-0.3, -0.25) is 0 Å². The summed E-state index contributed by atoms with van der Waals surface area (Å²) < 4.78 is 26.7. The number of nitrogens with zero attached hydrogens (tertiary/aromatic N) is 1. The third-order valence-corrected chi connectivity index (χ3v) is 5.05. The van der Waals surface area contributed by atoms with E-state index in [0.29, 0.717) is 6.42 Å². The molecule has 0 amide bonds. The lowest BCUT2D eigenvalue weighted by Crippen LogP contribution is -2.23. The van der Waals surface area contributed by atoms with Gasteiger partial charge in [-0.1, -0.05) is 12.1 Å². The van der Waals surface area contributed by atoms with Gasteiger partial charge in [0.1, 0.15) is 5.01 Å². The van der Waals surface area contributed by atoms with Gasteiger partial charge in [-0.2, -0.15) is 0 Å². The fourth-order valence-electron chi connectivity index (χ4n) is 1.69. The van der Waals surface area contributed by atoms with Crippen LogP contribution in [-0.2, 0) is 23.0 Å². The van der Waals surface area contributed by atoms with Crippen molar-refractivity contribution in [3.05, 3.63) is 45.9 Å². The second-order valence-electron chi connectivity index (χ2n) is 4.31. The number of thiazole rings is 1. The Morgan fingerprint density at radius 2 is 2.00 bits per heavy atom. The molecule has 5 nitrogen and oxygen atoms in total. The minimum absolute atomic E-state index is 0.0494. The number of aromatic nitrogens is 1. The van der Waals surface area contributed by atoms with Crippen LogP contribution in [0.25, 0.3) is 0 Å². The summed E-state index contributed by atoms with van der Waals surface area (Å²) in [4.78, 5) is 5.38. The summed E-state index contributed by atoms with van der Waals surface area (Å²) in [5.74, 6) is 0. The fourth-order valence-corrected chi connectivity index (χ4v) is 3.49. The lowest BCUT2D eigenvalue weighted by Gasteiger charge is -2.06. The minimum atomic E-state index is -3.53. The number of hydrogen-bond donors (Lipinski definition) is 2. The quantitative estimate of drug-likeness (QED) is 0.846. The highest BCUT2D eigenvalue weighted by Gasteiger charge is 2.14. The summed E-state index contributed by atoms with van der Waals surface area (Å²) in [6, 6.07) is 6.50. The first-order valence-electron chi connectivity index (χ1n) is 6.12. The van der Waals surface area contributed by atoms with E-state index in [1.807, 2.05) is 6.92 Å². The maximum absolute atomic E-state index is 12.1. The van der Waals surface area contributed by atoms with Crippen molar-refractivity contribution in [2.75, 3.05) is 6.61 Å². The highest BCUT2D eigenvalue weighted by molar-refractivity contribution is 7.89. The number of rotatable bonds is 6. The van der Waals surface area contributed by atoms with E-state index < -0.39 is 10.0 Å². The lowest BCUT2D eigenvalue weighted by molar-refractivity contribution is 0.299. The highest BCUT2D eigenvalue weighted by Crippen LogP contribution is 2.14. The predicted molar refractivity (Wildman–Crippen MR) is 78.1 cm³/mol. The van der Waals surface area contributed by atoms with Gasteiger partial charge < -0.3 is 5.11 Å². The Hall–Kier alpha value is -1.28. The monoisotopic (exact) mass is 312 g/mol. The van der Waals surface area contributed by atoms with E-state index in [1.54, 1.807) is 30.5 Å². The summed E-state index contributed by atoms with van der Waals surface area (Å²) in [7, 11) is -3.53. The molecule has 108 valence electrons. The Bertz CT molecular complexity index is 663. The number of aryl methyl sites for hydroxylation is 1. The zero-order valence-electron chi connectivity index (χ0n) is 11.0. The molecule has 0 fully saturated rings. The van der Waals surface area contributed by atoms with E-state index >= 15 is 0 Å². The SMILES string of the molecule is Cc1cnc(CNS(=O)(=O)c2ccc(CCO)cc2)s1. The molecule has 0 aliphatic rings. The molecule has 0 unspecified atom stereocenters. The Balaban J connectivity index is 2.05. The van der Waals surface area contributed by atoms with Crippen LogP contribution in [0.4, 0.5) is 0 Å². The standard InChI is InChI=1S/C13H16N2O3S2/c1-10-8-14-13(19-10)9-15-20(17,18)12-4-2-11(3-5-12)6-7-16/h2-5,8,15-16H,6-7,9H2,1H3. The molecule has 7 heteroatoms. The smallest absolute Gasteiger partial charge is 0.240 e. The van der Waals surface area contributed by atoms with E-state index in [-0.39, 0.29) is 18.0 Å². The summed E-state index contributed by atoms with van der Waals surface area (Å²) in [5.41, 5.74) is 0.905. The topological polar surface area (TPSA) is 79.3 Å². The molecular weight excluding hydrogens is 296 g/mol. The summed E-state index contributed by atoms with van der Waals surface area (Å²) in [6.45, 7) is 2.17.